The van der Waals surface area contributed by atoms with Crippen LogP contribution in [0.4, 0.5) is 0 Å². The van der Waals surface area contributed by atoms with E-state index in [0.29, 0.717) is 0 Å². The highest BCUT2D eigenvalue weighted by molar-refractivity contribution is 5.90. The molecule has 0 atom stereocenters. The van der Waals surface area contributed by atoms with Gasteiger partial charge in [0, 0.05) is 0 Å². The van der Waals surface area contributed by atoms with Gasteiger partial charge in [0.05, 0.1) is 5.56 Å². The predicted octanol–water partition coefficient (Wildman–Crippen LogP) is 2.05. The van der Waals surface area contributed by atoms with E-state index in [9.17, 15) is 9.90 Å². The summed E-state index contributed by atoms with van der Waals surface area (Å²) in [6.07, 6.45) is 0. The SMILES string of the molecule is CC(C)(C)OC(=O)c1ccc(O)c(O)c1. The summed E-state index contributed by atoms with van der Waals surface area (Å²) in [5, 5.41) is 18.2. The summed E-state index contributed by atoms with van der Waals surface area (Å²) in [6, 6.07) is 3.81. The van der Waals surface area contributed by atoms with Gasteiger partial charge in [-0.3, -0.25) is 0 Å². The first-order chi connectivity index (χ1) is 6.79. The van der Waals surface area contributed by atoms with Crippen LogP contribution in [0, 0.1) is 0 Å². The van der Waals surface area contributed by atoms with Crippen molar-refractivity contribution in [2.75, 3.05) is 0 Å². The van der Waals surface area contributed by atoms with Crippen molar-refractivity contribution >= 4 is 5.97 Å². The third-order valence-electron chi connectivity index (χ3n) is 1.61. The van der Waals surface area contributed by atoms with E-state index >= 15 is 0 Å². The van der Waals surface area contributed by atoms with E-state index in [1.54, 1.807) is 20.8 Å². The normalized spacial score (nSPS) is 11.1. The third kappa shape index (κ3) is 3.16. The number of phenols is 2. The highest BCUT2D eigenvalue weighted by atomic mass is 16.6. The van der Waals surface area contributed by atoms with E-state index in [0.717, 1.165) is 0 Å². The van der Waals surface area contributed by atoms with Crippen LogP contribution in [0.3, 0.4) is 0 Å². The molecule has 1 rings (SSSR count). The largest absolute Gasteiger partial charge is 0.504 e. The van der Waals surface area contributed by atoms with E-state index in [1.807, 2.05) is 0 Å². The van der Waals surface area contributed by atoms with Crippen LogP contribution in [-0.2, 0) is 4.74 Å². The minimum Gasteiger partial charge on any atom is -0.504 e. The zero-order valence-electron chi connectivity index (χ0n) is 8.94. The monoisotopic (exact) mass is 210 g/mol. The van der Waals surface area contributed by atoms with Crippen molar-refractivity contribution in [1.82, 2.24) is 0 Å². The maximum Gasteiger partial charge on any atom is 0.338 e. The van der Waals surface area contributed by atoms with Crippen molar-refractivity contribution in [3.8, 4) is 11.5 Å². The van der Waals surface area contributed by atoms with Crippen LogP contribution in [0.15, 0.2) is 18.2 Å². The standard InChI is InChI=1S/C11H14O4/c1-11(2,3)15-10(14)7-4-5-8(12)9(13)6-7/h4-6,12-13H,1-3H3. The van der Waals surface area contributed by atoms with Crippen LogP contribution >= 0.6 is 0 Å². The molecular weight excluding hydrogens is 196 g/mol. The number of carbonyl (C=O) groups is 1. The van der Waals surface area contributed by atoms with Crippen LogP contribution in [-0.4, -0.2) is 21.8 Å². The van der Waals surface area contributed by atoms with Gasteiger partial charge in [0.25, 0.3) is 0 Å². The number of esters is 1. The zero-order chi connectivity index (χ0) is 11.6. The molecule has 0 bridgehead atoms. The first kappa shape index (κ1) is 11.4. The Morgan fingerprint density at radius 3 is 2.27 bits per heavy atom. The molecule has 0 unspecified atom stereocenters. The maximum atomic E-state index is 11.5. The second kappa shape index (κ2) is 3.81. The summed E-state index contributed by atoms with van der Waals surface area (Å²) in [5.41, 5.74) is -0.370. The number of hydrogen-bond acceptors (Lipinski definition) is 4. The van der Waals surface area contributed by atoms with Crippen molar-refractivity contribution in [2.45, 2.75) is 26.4 Å². The molecule has 0 aromatic heterocycles. The fourth-order valence-electron chi connectivity index (χ4n) is 0.987. The fourth-order valence-corrected chi connectivity index (χ4v) is 0.987. The number of ether oxygens (including phenoxy) is 1. The molecule has 0 spiro atoms. The number of benzene rings is 1. The topological polar surface area (TPSA) is 66.8 Å². The fraction of sp³-hybridized carbons (Fsp3) is 0.364. The second-order valence-electron chi connectivity index (χ2n) is 4.21. The lowest BCUT2D eigenvalue weighted by atomic mass is 10.1. The van der Waals surface area contributed by atoms with Gasteiger partial charge in [0.15, 0.2) is 11.5 Å². The van der Waals surface area contributed by atoms with Crippen LogP contribution in [0.2, 0.25) is 0 Å². The maximum absolute atomic E-state index is 11.5. The quantitative estimate of drug-likeness (QED) is 0.550. The average molecular weight is 210 g/mol. The number of rotatable bonds is 1. The molecule has 82 valence electrons. The summed E-state index contributed by atoms with van der Waals surface area (Å²) in [6.45, 7) is 5.27. The van der Waals surface area contributed by atoms with Crippen molar-refractivity contribution in [1.29, 1.82) is 0 Å². The van der Waals surface area contributed by atoms with Crippen molar-refractivity contribution in [3.05, 3.63) is 23.8 Å². The number of hydrogen-bond donors (Lipinski definition) is 2. The number of aromatic hydroxyl groups is 2. The molecule has 0 radical (unpaired) electrons. The molecule has 0 fully saturated rings. The van der Waals surface area contributed by atoms with Gasteiger partial charge in [0.2, 0.25) is 0 Å². The Kier molecular flexibility index (Phi) is 2.88. The minimum atomic E-state index is -0.579. The van der Waals surface area contributed by atoms with E-state index in [2.05, 4.69) is 0 Å². The van der Waals surface area contributed by atoms with Crippen LogP contribution < -0.4 is 0 Å². The molecule has 4 heteroatoms. The third-order valence-corrected chi connectivity index (χ3v) is 1.61. The Labute approximate surface area is 88.1 Å². The molecule has 0 saturated heterocycles. The summed E-state index contributed by atoms with van der Waals surface area (Å²) >= 11 is 0. The van der Waals surface area contributed by atoms with Gasteiger partial charge in [-0.1, -0.05) is 0 Å². The Bertz CT molecular complexity index is 377. The van der Waals surface area contributed by atoms with Gasteiger partial charge in [-0.25, -0.2) is 4.79 Å². The predicted molar refractivity (Wildman–Crippen MR) is 54.9 cm³/mol. The molecule has 1 aromatic carbocycles. The van der Waals surface area contributed by atoms with Crippen LogP contribution in [0.1, 0.15) is 31.1 Å². The molecule has 0 saturated carbocycles. The molecular formula is C11H14O4. The van der Waals surface area contributed by atoms with Crippen molar-refractivity contribution < 1.29 is 19.7 Å². The smallest absolute Gasteiger partial charge is 0.338 e. The summed E-state index contributed by atoms with van der Waals surface area (Å²) in [4.78, 5) is 11.5. The molecule has 2 N–H and O–H groups in total. The first-order valence-electron chi connectivity index (χ1n) is 4.55. The Morgan fingerprint density at radius 2 is 1.80 bits per heavy atom. The Morgan fingerprint density at radius 1 is 1.20 bits per heavy atom. The van der Waals surface area contributed by atoms with E-state index in [-0.39, 0.29) is 17.1 Å². The molecule has 15 heavy (non-hydrogen) atoms. The highest BCUT2D eigenvalue weighted by Gasteiger charge is 2.18. The van der Waals surface area contributed by atoms with Gasteiger partial charge >= 0.3 is 5.97 Å². The van der Waals surface area contributed by atoms with E-state index < -0.39 is 11.6 Å². The lowest BCUT2D eigenvalue weighted by Gasteiger charge is -2.19. The molecule has 0 heterocycles. The van der Waals surface area contributed by atoms with Crippen molar-refractivity contribution in [2.24, 2.45) is 0 Å². The van der Waals surface area contributed by atoms with E-state index in [1.165, 1.54) is 18.2 Å². The van der Waals surface area contributed by atoms with Gasteiger partial charge in [-0.05, 0) is 39.0 Å². The Balaban J connectivity index is 2.88. The summed E-state index contributed by atoms with van der Waals surface area (Å²) < 4.78 is 5.09. The van der Waals surface area contributed by atoms with Crippen LogP contribution in [0.25, 0.3) is 0 Å². The lowest BCUT2D eigenvalue weighted by molar-refractivity contribution is 0.00691. The number of carbonyl (C=O) groups excluding carboxylic acids is 1. The van der Waals surface area contributed by atoms with Crippen LogP contribution in [0.5, 0.6) is 11.5 Å². The highest BCUT2D eigenvalue weighted by Crippen LogP contribution is 2.25. The van der Waals surface area contributed by atoms with E-state index in [4.69, 9.17) is 9.84 Å². The molecule has 0 aliphatic carbocycles. The molecule has 0 amide bonds. The zero-order valence-corrected chi connectivity index (χ0v) is 8.94. The second-order valence-corrected chi connectivity index (χ2v) is 4.21. The molecule has 1 aromatic rings. The summed E-state index contributed by atoms with van der Waals surface area (Å²) in [5.74, 6) is -1.13. The van der Waals surface area contributed by atoms with Gasteiger partial charge in [-0.15, -0.1) is 0 Å². The first-order valence-corrected chi connectivity index (χ1v) is 4.55. The van der Waals surface area contributed by atoms with Gasteiger partial charge in [0.1, 0.15) is 5.60 Å². The lowest BCUT2D eigenvalue weighted by Crippen LogP contribution is -2.23. The Hall–Kier alpha value is -1.71. The number of phenolic OH excluding ortho intramolecular Hbond substituents is 2. The van der Waals surface area contributed by atoms with Gasteiger partial charge < -0.3 is 14.9 Å². The van der Waals surface area contributed by atoms with Gasteiger partial charge in [-0.2, -0.15) is 0 Å². The summed E-state index contributed by atoms with van der Waals surface area (Å²) in [7, 11) is 0. The average Bonchev–Trinajstić information content (AvgIpc) is 2.06. The molecule has 0 aliphatic heterocycles. The minimum absolute atomic E-state index is 0.209. The molecule has 0 aliphatic rings. The molecule has 4 nitrogen and oxygen atoms in total. The van der Waals surface area contributed by atoms with Crippen molar-refractivity contribution in [3.63, 3.8) is 0 Å².